The molecule has 0 radical (unpaired) electrons. The Morgan fingerprint density at radius 1 is 1.06 bits per heavy atom. The summed E-state index contributed by atoms with van der Waals surface area (Å²) in [5.41, 5.74) is 1.08. The van der Waals surface area contributed by atoms with Crippen LogP contribution in [-0.2, 0) is 9.59 Å². The van der Waals surface area contributed by atoms with Crippen LogP contribution in [0.3, 0.4) is 0 Å². The zero-order valence-corrected chi connectivity index (χ0v) is 17.4. The molecule has 160 valence electrons. The van der Waals surface area contributed by atoms with E-state index in [1.807, 2.05) is 37.3 Å². The fourth-order valence-corrected chi connectivity index (χ4v) is 4.20. The Morgan fingerprint density at radius 3 is 2.42 bits per heavy atom. The molecule has 0 aromatic heterocycles. The number of rotatable bonds is 5. The second kappa shape index (κ2) is 8.67. The van der Waals surface area contributed by atoms with Crippen molar-refractivity contribution in [2.24, 2.45) is 16.1 Å². The molecule has 2 aliphatic rings. The Morgan fingerprint density at radius 2 is 1.74 bits per heavy atom. The summed E-state index contributed by atoms with van der Waals surface area (Å²) in [7, 11) is 0. The third-order valence-corrected chi connectivity index (χ3v) is 5.99. The van der Waals surface area contributed by atoms with Crippen molar-refractivity contribution in [3.63, 3.8) is 0 Å². The molecule has 4 rings (SSSR count). The number of imide groups is 1. The zero-order chi connectivity index (χ0) is 21.8. The van der Waals surface area contributed by atoms with Crippen molar-refractivity contribution in [2.45, 2.75) is 38.1 Å². The summed E-state index contributed by atoms with van der Waals surface area (Å²) < 4.78 is 0. The minimum Gasteiger partial charge on any atom is -0.325 e. The maximum atomic E-state index is 13.0. The van der Waals surface area contributed by atoms with E-state index >= 15 is 0 Å². The molecule has 1 saturated carbocycles. The SMILES string of the molecule is CC1CCCCC12NC(=O)N(CC(=O)Nc1ccc(N=Nc3ccccc3)cc1)C2=O. The molecule has 2 unspecified atom stereocenters. The van der Waals surface area contributed by atoms with Crippen LogP contribution in [0.5, 0.6) is 0 Å². The fraction of sp³-hybridized carbons (Fsp3) is 0.348. The number of hydrogen-bond donors (Lipinski definition) is 2. The first kappa shape index (κ1) is 20.7. The van der Waals surface area contributed by atoms with Crippen molar-refractivity contribution < 1.29 is 14.4 Å². The molecule has 8 heteroatoms. The highest BCUT2D eigenvalue weighted by Gasteiger charge is 2.55. The van der Waals surface area contributed by atoms with Gasteiger partial charge in [-0.05, 0) is 55.2 Å². The van der Waals surface area contributed by atoms with Gasteiger partial charge in [0.05, 0.1) is 11.4 Å². The van der Waals surface area contributed by atoms with Crippen molar-refractivity contribution in [3.8, 4) is 0 Å². The van der Waals surface area contributed by atoms with Crippen molar-refractivity contribution in [2.75, 3.05) is 11.9 Å². The van der Waals surface area contributed by atoms with Gasteiger partial charge in [-0.1, -0.05) is 38.0 Å². The van der Waals surface area contributed by atoms with Crippen LogP contribution >= 0.6 is 0 Å². The van der Waals surface area contributed by atoms with E-state index in [1.54, 1.807) is 24.3 Å². The molecular weight excluding hydrogens is 394 g/mol. The standard InChI is InChI=1S/C23H25N5O3/c1-16-7-5-6-14-23(16)21(30)28(22(31)25-23)15-20(29)24-17-10-12-19(13-11-17)27-26-18-8-3-2-4-9-18/h2-4,8-13,16H,5-7,14-15H2,1H3,(H,24,29)(H,25,31). The number of carbonyl (C=O) groups is 3. The second-order valence-electron chi connectivity index (χ2n) is 8.07. The first-order chi connectivity index (χ1) is 15.0. The van der Waals surface area contributed by atoms with E-state index in [4.69, 9.17) is 0 Å². The molecule has 8 nitrogen and oxygen atoms in total. The van der Waals surface area contributed by atoms with Crippen LogP contribution in [0.1, 0.15) is 32.6 Å². The van der Waals surface area contributed by atoms with E-state index in [9.17, 15) is 14.4 Å². The van der Waals surface area contributed by atoms with Gasteiger partial charge >= 0.3 is 6.03 Å². The van der Waals surface area contributed by atoms with Gasteiger partial charge in [0, 0.05) is 5.69 Å². The zero-order valence-electron chi connectivity index (χ0n) is 17.4. The Bertz CT molecular complexity index is 1010. The average Bonchev–Trinajstić information content (AvgIpc) is 3.01. The van der Waals surface area contributed by atoms with Crippen molar-refractivity contribution in [3.05, 3.63) is 54.6 Å². The van der Waals surface area contributed by atoms with Crippen LogP contribution < -0.4 is 10.6 Å². The van der Waals surface area contributed by atoms with Crippen LogP contribution in [0.25, 0.3) is 0 Å². The number of benzene rings is 2. The highest BCUT2D eigenvalue weighted by atomic mass is 16.2. The quantitative estimate of drug-likeness (QED) is 0.549. The summed E-state index contributed by atoms with van der Waals surface area (Å²) in [6, 6.07) is 15.8. The van der Waals surface area contributed by atoms with Gasteiger partial charge in [0.2, 0.25) is 5.91 Å². The van der Waals surface area contributed by atoms with Gasteiger partial charge in [0.15, 0.2) is 0 Å². The smallest absolute Gasteiger partial charge is 0.325 e. The molecule has 2 atom stereocenters. The first-order valence-corrected chi connectivity index (χ1v) is 10.5. The van der Waals surface area contributed by atoms with Crippen LogP contribution in [-0.4, -0.2) is 34.8 Å². The second-order valence-corrected chi connectivity index (χ2v) is 8.07. The Kier molecular flexibility index (Phi) is 5.79. The monoisotopic (exact) mass is 419 g/mol. The summed E-state index contributed by atoms with van der Waals surface area (Å²) in [5.74, 6) is -0.664. The number of urea groups is 1. The molecule has 1 aliphatic heterocycles. The summed E-state index contributed by atoms with van der Waals surface area (Å²) in [5, 5.41) is 13.9. The number of azo groups is 1. The van der Waals surface area contributed by atoms with Gasteiger partial charge in [-0.25, -0.2) is 4.79 Å². The third-order valence-electron chi connectivity index (χ3n) is 5.99. The maximum absolute atomic E-state index is 13.0. The normalized spacial score (nSPS) is 23.4. The number of hydrogen-bond acceptors (Lipinski definition) is 5. The molecule has 1 saturated heterocycles. The van der Waals surface area contributed by atoms with E-state index < -0.39 is 17.5 Å². The first-order valence-electron chi connectivity index (χ1n) is 10.5. The molecule has 2 aromatic carbocycles. The molecule has 1 heterocycles. The van der Waals surface area contributed by atoms with E-state index in [0.717, 1.165) is 29.8 Å². The van der Waals surface area contributed by atoms with Crippen LogP contribution in [0.15, 0.2) is 64.8 Å². The fourth-order valence-electron chi connectivity index (χ4n) is 4.20. The summed E-state index contributed by atoms with van der Waals surface area (Å²) >= 11 is 0. The highest BCUT2D eigenvalue weighted by Crippen LogP contribution is 2.38. The topological polar surface area (TPSA) is 103 Å². The number of nitrogens with one attached hydrogen (secondary N) is 2. The molecule has 1 spiro atoms. The summed E-state index contributed by atoms with van der Waals surface area (Å²) in [4.78, 5) is 38.9. The van der Waals surface area contributed by atoms with Gasteiger partial charge in [-0.3, -0.25) is 14.5 Å². The van der Waals surface area contributed by atoms with E-state index in [-0.39, 0.29) is 18.4 Å². The van der Waals surface area contributed by atoms with E-state index in [2.05, 4.69) is 20.9 Å². The Labute approximate surface area is 180 Å². The predicted octanol–water partition coefficient (Wildman–Crippen LogP) is 4.54. The van der Waals surface area contributed by atoms with Crippen molar-refractivity contribution in [1.82, 2.24) is 10.2 Å². The van der Waals surface area contributed by atoms with Crippen LogP contribution in [0.4, 0.5) is 21.9 Å². The predicted molar refractivity (Wildman–Crippen MR) is 116 cm³/mol. The number of amides is 4. The van der Waals surface area contributed by atoms with Crippen molar-refractivity contribution in [1.29, 1.82) is 0 Å². The summed E-state index contributed by atoms with van der Waals surface area (Å²) in [6.45, 7) is 1.67. The lowest BCUT2D eigenvalue weighted by Crippen LogP contribution is -2.54. The van der Waals surface area contributed by atoms with Crippen molar-refractivity contribution >= 4 is 34.9 Å². The van der Waals surface area contributed by atoms with Gasteiger partial charge in [-0.2, -0.15) is 10.2 Å². The molecule has 2 aromatic rings. The van der Waals surface area contributed by atoms with E-state index in [0.29, 0.717) is 17.8 Å². The number of carbonyl (C=O) groups excluding carboxylic acids is 3. The Balaban J connectivity index is 1.36. The number of anilines is 1. The van der Waals surface area contributed by atoms with Gasteiger partial charge in [0.25, 0.3) is 5.91 Å². The lowest BCUT2D eigenvalue weighted by Gasteiger charge is -2.36. The van der Waals surface area contributed by atoms with Crippen LogP contribution in [0.2, 0.25) is 0 Å². The van der Waals surface area contributed by atoms with Gasteiger partial charge in [-0.15, -0.1) is 0 Å². The van der Waals surface area contributed by atoms with E-state index in [1.165, 1.54) is 0 Å². The molecular formula is C23H25N5O3. The van der Waals surface area contributed by atoms with Gasteiger partial charge in [0.1, 0.15) is 12.1 Å². The highest BCUT2D eigenvalue weighted by molar-refractivity contribution is 6.10. The minimum atomic E-state index is -0.860. The molecule has 1 aliphatic carbocycles. The lowest BCUT2D eigenvalue weighted by atomic mass is 9.73. The molecule has 31 heavy (non-hydrogen) atoms. The molecule has 2 N–H and O–H groups in total. The molecule has 2 fully saturated rings. The molecule has 0 bridgehead atoms. The van der Waals surface area contributed by atoms with Gasteiger partial charge < -0.3 is 10.6 Å². The number of nitrogens with zero attached hydrogens (tertiary/aromatic N) is 3. The minimum absolute atomic E-state index is 0.0587. The summed E-state index contributed by atoms with van der Waals surface area (Å²) in [6.07, 6.45) is 3.45. The average molecular weight is 419 g/mol. The van der Waals surface area contributed by atoms with Crippen LogP contribution in [0, 0.1) is 5.92 Å². The maximum Gasteiger partial charge on any atom is 0.325 e. The largest absolute Gasteiger partial charge is 0.325 e. The lowest BCUT2D eigenvalue weighted by molar-refractivity contribution is -0.136. The molecule has 4 amide bonds. The Hall–Kier alpha value is -3.55. The third kappa shape index (κ3) is 4.33.